The number of hydrogen-bond donors (Lipinski definition) is 2. The fraction of sp³-hybridized carbons (Fsp3) is 1.00. The van der Waals surface area contributed by atoms with Gasteiger partial charge in [0.15, 0.2) is 0 Å². The van der Waals surface area contributed by atoms with Gasteiger partial charge in [0.1, 0.15) is 0 Å². The van der Waals surface area contributed by atoms with Crippen LogP contribution in [-0.2, 0) is 10.1 Å². The van der Waals surface area contributed by atoms with Crippen molar-refractivity contribution >= 4 is 10.1 Å². The molecule has 0 aromatic carbocycles. The number of unbranched alkanes of at least 4 members (excludes halogenated alkanes) is 8. The van der Waals surface area contributed by atoms with Crippen LogP contribution in [0.3, 0.4) is 0 Å². The van der Waals surface area contributed by atoms with Crippen molar-refractivity contribution in [3.8, 4) is 0 Å². The summed E-state index contributed by atoms with van der Waals surface area (Å²) in [5.41, 5.74) is 0. The summed E-state index contributed by atoms with van der Waals surface area (Å²) in [6.07, 6.45) is 11.6. The average Bonchev–Trinajstić information content (AvgIpc) is 2.44. The van der Waals surface area contributed by atoms with Crippen molar-refractivity contribution in [2.45, 2.75) is 109 Å². The Morgan fingerprint density at radius 1 is 0.773 bits per heavy atom. The van der Waals surface area contributed by atoms with E-state index in [4.69, 9.17) is 0 Å². The van der Waals surface area contributed by atoms with Crippen LogP contribution in [0.4, 0.5) is 0 Å². The smallest absolute Gasteiger partial charge is 0.267 e. The molecule has 0 fully saturated rings. The van der Waals surface area contributed by atoms with E-state index >= 15 is 0 Å². The molecule has 0 heterocycles. The van der Waals surface area contributed by atoms with Crippen LogP contribution in [0.1, 0.15) is 97.3 Å². The Balaban J connectivity index is 3.90. The van der Waals surface area contributed by atoms with Gasteiger partial charge in [-0.2, -0.15) is 8.42 Å². The van der Waals surface area contributed by atoms with E-state index in [1.54, 1.807) is 0 Å². The third-order valence-corrected chi connectivity index (χ3v) is 5.50. The lowest BCUT2D eigenvalue weighted by Crippen LogP contribution is -2.26. The van der Waals surface area contributed by atoms with Crippen molar-refractivity contribution < 1.29 is 18.1 Å². The van der Waals surface area contributed by atoms with Crippen LogP contribution in [0.5, 0.6) is 0 Å². The second kappa shape index (κ2) is 13.3. The lowest BCUT2D eigenvalue weighted by atomic mass is 10.0. The molecule has 2 N–H and O–H groups in total. The van der Waals surface area contributed by atoms with E-state index < -0.39 is 21.5 Å². The van der Waals surface area contributed by atoms with E-state index in [-0.39, 0.29) is 6.42 Å². The average molecular weight is 337 g/mol. The van der Waals surface area contributed by atoms with E-state index in [2.05, 4.69) is 13.8 Å². The Labute approximate surface area is 137 Å². The van der Waals surface area contributed by atoms with E-state index in [1.165, 1.54) is 32.1 Å². The first-order valence-corrected chi connectivity index (χ1v) is 10.6. The molecule has 0 aliphatic rings. The van der Waals surface area contributed by atoms with E-state index in [0.29, 0.717) is 12.8 Å². The van der Waals surface area contributed by atoms with Crippen molar-refractivity contribution in [3.63, 3.8) is 0 Å². The molecule has 0 spiro atoms. The Bertz CT molecular complexity index is 341. The largest absolute Gasteiger partial charge is 0.393 e. The summed E-state index contributed by atoms with van der Waals surface area (Å²) in [5.74, 6) is 0. The number of hydrogen-bond acceptors (Lipinski definition) is 3. The van der Waals surface area contributed by atoms with Gasteiger partial charge in [-0.1, -0.05) is 78.1 Å². The minimum atomic E-state index is -4.05. The van der Waals surface area contributed by atoms with Gasteiger partial charge in [-0.15, -0.1) is 0 Å². The second-order valence-electron chi connectivity index (χ2n) is 6.43. The molecule has 0 saturated heterocycles. The predicted molar refractivity (Wildman–Crippen MR) is 92.7 cm³/mol. The minimum absolute atomic E-state index is 0.165. The summed E-state index contributed by atoms with van der Waals surface area (Å²) >= 11 is 0. The van der Waals surface area contributed by atoms with Crippen LogP contribution >= 0.6 is 0 Å². The zero-order valence-electron chi connectivity index (χ0n) is 14.5. The predicted octanol–water partition coefficient (Wildman–Crippen LogP) is 4.71. The van der Waals surface area contributed by atoms with Gasteiger partial charge in [0.2, 0.25) is 0 Å². The van der Waals surface area contributed by atoms with E-state index in [1.807, 2.05) is 0 Å². The first-order valence-electron chi connectivity index (χ1n) is 9.06. The molecule has 0 bridgehead atoms. The van der Waals surface area contributed by atoms with Crippen LogP contribution in [0.25, 0.3) is 0 Å². The van der Waals surface area contributed by atoms with Crippen molar-refractivity contribution in [1.29, 1.82) is 0 Å². The SMILES string of the molecule is CCCCCCCCCC(O)CC(CCCCC)S(=O)(=O)O. The molecule has 0 amide bonds. The molecule has 2 atom stereocenters. The molecule has 0 saturated carbocycles. The summed E-state index contributed by atoms with van der Waals surface area (Å²) in [5, 5.41) is 9.20. The third-order valence-electron chi connectivity index (χ3n) is 4.23. The van der Waals surface area contributed by atoms with E-state index in [0.717, 1.165) is 32.1 Å². The maximum atomic E-state index is 11.4. The molecule has 134 valence electrons. The highest BCUT2D eigenvalue weighted by Crippen LogP contribution is 2.19. The lowest BCUT2D eigenvalue weighted by Gasteiger charge is -2.18. The normalized spacial score (nSPS) is 14.9. The number of aliphatic hydroxyl groups is 1. The van der Waals surface area contributed by atoms with Crippen molar-refractivity contribution in [3.05, 3.63) is 0 Å². The molecule has 0 aromatic rings. The Morgan fingerprint density at radius 2 is 1.23 bits per heavy atom. The molecule has 0 aromatic heterocycles. The standard InChI is InChI=1S/C17H36O4S/c1-3-5-7-8-9-10-12-13-16(18)15-17(22(19,20)21)14-11-6-4-2/h16-18H,3-15H2,1-2H3,(H,19,20,21). The third kappa shape index (κ3) is 12.4. The van der Waals surface area contributed by atoms with Gasteiger partial charge in [-0.25, -0.2) is 0 Å². The maximum Gasteiger partial charge on any atom is 0.267 e. The molecule has 5 heteroatoms. The van der Waals surface area contributed by atoms with Gasteiger partial charge in [-0.3, -0.25) is 4.55 Å². The van der Waals surface area contributed by atoms with Crippen LogP contribution in [0.2, 0.25) is 0 Å². The zero-order chi connectivity index (χ0) is 16.8. The van der Waals surface area contributed by atoms with Gasteiger partial charge in [-0.05, 0) is 19.3 Å². The van der Waals surface area contributed by atoms with Crippen molar-refractivity contribution in [1.82, 2.24) is 0 Å². The first kappa shape index (κ1) is 21.9. The Kier molecular flexibility index (Phi) is 13.2. The Hall–Kier alpha value is -0.130. The molecule has 2 unspecified atom stereocenters. The fourth-order valence-corrected chi connectivity index (χ4v) is 3.70. The molecule has 0 aliphatic carbocycles. The number of rotatable bonds is 15. The summed E-state index contributed by atoms with van der Waals surface area (Å²) in [6, 6.07) is 0. The molecule has 4 nitrogen and oxygen atoms in total. The van der Waals surface area contributed by atoms with Gasteiger partial charge in [0, 0.05) is 0 Å². The maximum absolute atomic E-state index is 11.4. The van der Waals surface area contributed by atoms with Crippen LogP contribution in [0, 0.1) is 0 Å². The minimum Gasteiger partial charge on any atom is -0.393 e. The molecule has 22 heavy (non-hydrogen) atoms. The molecule has 0 aliphatic heterocycles. The van der Waals surface area contributed by atoms with Crippen LogP contribution in [-0.4, -0.2) is 29.4 Å². The van der Waals surface area contributed by atoms with Crippen molar-refractivity contribution in [2.75, 3.05) is 0 Å². The highest BCUT2D eigenvalue weighted by Gasteiger charge is 2.25. The summed E-state index contributed by atoms with van der Waals surface area (Å²) in [6.45, 7) is 4.25. The van der Waals surface area contributed by atoms with E-state index in [9.17, 15) is 18.1 Å². The van der Waals surface area contributed by atoms with Gasteiger partial charge in [0.05, 0.1) is 11.4 Å². The summed E-state index contributed by atoms with van der Waals surface area (Å²) < 4.78 is 32.0. The van der Waals surface area contributed by atoms with Crippen LogP contribution < -0.4 is 0 Å². The quantitative estimate of drug-likeness (QED) is 0.335. The highest BCUT2D eigenvalue weighted by atomic mass is 32.2. The zero-order valence-corrected chi connectivity index (χ0v) is 15.3. The number of aliphatic hydroxyl groups excluding tert-OH is 1. The summed E-state index contributed by atoms with van der Waals surface area (Å²) in [4.78, 5) is 0. The van der Waals surface area contributed by atoms with Gasteiger partial charge >= 0.3 is 0 Å². The van der Waals surface area contributed by atoms with Gasteiger partial charge in [0.25, 0.3) is 10.1 Å². The second-order valence-corrected chi connectivity index (χ2v) is 8.13. The highest BCUT2D eigenvalue weighted by molar-refractivity contribution is 7.86. The summed E-state index contributed by atoms with van der Waals surface area (Å²) in [7, 11) is -4.05. The monoisotopic (exact) mass is 336 g/mol. The first-order chi connectivity index (χ1) is 10.4. The van der Waals surface area contributed by atoms with Gasteiger partial charge < -0.3 is 5.11 Å². The topological polar surface area (TPSA) is 74.6 Å². The molecular formula is C17H36O4S. The lowest BCUT2D eigenvalue weighted by molar-refractivity contribution is 0.146. The van der Waals surface area contributed by atoms with Crippen molar-refractivity contribution in [2.24, 2.45) is 0 Å². The fourth-order valence-electron chi connectivity index (χ4n) is 2.77. The molecule has 0 radical (unpaired) electrons. The molecule has 0 rings (SSSR count). The van der Waals surface area contributed by atoms with Crippen LogP contribution in [0.15, 0.2) is 0 Å². The molecular weight excluding hydrogens is 300 g/mol. The Morgan fingerprint density at radius 3 is 1.77 bits per heavy atom.